The Labute approximate surface area is 112 Å². The van der Waals surface area contributed by atoms with Crippen molar-refractivity contribution in [3.05, 3.63) is 0 Å². The Bertz CT molecular complexity index is 351. The highest BCUT2D eigenvalue weighted by Crippen LogP contribution is 2.17. The van der Waals surface area contributed by atoms with Gasteiger partial charge in [0.2, 0.25) is 11.8 Å². The Balaban J connectivity index is 2.28. The molecule has 1 rings (SSSR count). The van der Waals surface area contributed by atoms with Crippen LogP contribution in [0.3, 0.4) is 0 Å². The summed E-state index contributed by atoms with van der Waals surface area (Å²) in [5, 5.41) is 11.8. The van der Waals surface area contributed by atoms with Crippen molar-refractivity contribution >= 4 is 17.8 Å². The van der Waals surface area contributed by atoms with Crippen molar-refractivity contribution in [3.8, 4) is 0 Å². The van der Waals surface area contributed by atoms with Gasteiger partial charge in [0.05, 0.1) is 12.5 Å². The van der Waals surface area contributed by atoms with E-state index in [1.165, 1.54) is 0 Å². The number of hydrogen-bond acceptors (Lipinski definition) is 4. The molecule has 0 aromatic heterocycles. The zero-order chi connectivity index (χ0) is 14.4. The van der Waals surface area contributed by atoms with Crippen LogP contribution in [0.15, 0.2) is 0 Å². The Kier molecular flexibility index (Phi) is 5.75. The summed E-state index contributed by atoms with van der Waals surface area (Å²) < 4.78 is 0. The first-order valence-corrected chi connectivity index (χ1v) is 6.42. The average molecular weight is 271 g/mol. The lowest BCUT2D eigenvalue weighted by Gasteiger charge is -2.30. The van der Waals surface area contributed by atoms with Crippen LogP contribution in [0.5, 0.6) is 0 Å². The highest BCUT2D eigenvalue weighted by Gasteiger charge is 2.26. The van der Waals surface area contributed by atoms with Crippen LogP contribution in [0.1, 0.15) is 26.2 Å². The first-order valence-electron chi connectivity index (χ1n) is 6.42. The molecular formula is C12H21N3O4. The van der Waals surface area contributed by atoms with E-state index in [0.717, 1.165) is 0 Å². The lowest BCUT2D eigenvalue weighted by Crippen LogP contribution is -2.45. The van der Waals surface area contributed by atoms with E-state index in [-0.39, 0.29) is 30.8 Å². The van der Waals surface area contributed by atoms with Crippen molar-refractivity contribution < 1.29 is 19.5 Å². The molecule has 7 heteroatoms. The average Bonchev–Trinajstić information content (AvgIpc) is 2.35. The number of nitrogens with zero attached hydrogens (tertiary/aromatic N) is 1. The van der Waals surface area contributed by atoms with E-state index in [0.29, 0.717) is 25.9 Å². The molecule has 1 unspecified atom stereocenters. The molecule has 0 radical (unpaired) electrons. The Morgan fingerprint density at radius 1 is 1.37 bits per heavy atom. The number of hydrogen-bond donors (Lipinski definition) is 3. The lowest BCUT2D eigenvalue weighted by atomic mass is 9.97. The third-order valence-electron chi connectivity index (χ3n) is 3.31. The highest BCUT2D eigenvalue weighted by atomic mass is 16.4. The van der Waals surface area contributed by atoms with Crippen LogP contribution in [-0.2, 0) is 14.4 Å². The van der Waals surface area contributed by atoms with Gasteiger partial charge < -0.3 is 21.1 Å². The third kappa shape index (κ3) is 5.25. The number of piperidine rings is 1. The van der Waals surface area contributed by atoms with E-state index in [1.54, 1.807) is 11.8 Å². The molecule has 2 amide bonds. The molecule has 1 aliphatic heterocycles. The second kappa shape index (κ2) is 7.08. The summed E-state index contributed by atoms with van der Waals surface area (Å²) in [5.41, 5.74) is 5.06. The number of carboxylic acid groups (broad SMARTS) is 1. The van der Waals surface area contributed by atoms with Gasteiger partial charge in [0.25, 0.3) is 0 Å². The molecule has 19 heavy (non-hydrogen) atoms. The maximum absolute atomic E-state index is 11.9. The van der Waals surface area contributed by atoms with E-state index in [2.05, 4.69) is 5.32 Å². The van der Waals surface area contributed by atoms with Crippen molar-refractivity contribution in [1.29, 1.82) is 0 Å². The van der Waals surface area contributed by atoms with E-state index in [1.807, 2.05) is 0 Å². The molecule has 1 saturated heterocycles. The minimum Gasteiger partial charge on any atom is -0.481 e. The molecule has 1 fully saturated rings. The summed E-state index contributed by atoms with van der Waals surface area (Å²) in [4.78, 5) is 35.0. The van der Waals surface area contributed by atoms with Crippen LogP contribution in [0.2, 0.25) is 0 Å². The topological polar surface area (TPSA) is 113 Å². The molecule has 1 heterocycles. The fraction of sp³-hybridized carbons (Fsp3) is 0.750. The van der Waals surface area contributed by atoms with Crippen molar-refractivity contribution in [2.24, 2.45) is 11.7 Å². The molecule has 0 aliphatic carbocycles. The first kappa shape index (κ1) is 15.4. The Morgan fingerprint density at radius 2 is 1.95 bits per heavy atom. The van der Waals surface area contributed by atoms with Crippen molar-refractivity contribution in [1.82, 2.24) is 10.2 Å². The van der Waals surface area contributed by atoms with Gasteiger partial charge in [-0.3, -0.25) is 14.4 Å². The predicted molar refractivity (Wildman–Crippen MR) is 68.2 cm³/mol. The number of carbonyl (C=O) groups excluding carboxylic acids is 2. The van der Waals surface area contributed by atoms with Crippen LogP contribution in [0.25, 0.3) is 0 Å². The monoisotopic (exact) mass is 271 g/mol. The van der Waals surface area contributed by atoms with Gasteiger partial charge in [-0.15, -0.1) is 0 Å². The number of aliphatic carboxylic acids is 1. The minimum atomic E-state index is -0.791. The molecule has 0 aromatic carbocycles. The lowest BCUT2D eigenvalue weighted by molar-refractivity contribution is -0.145. The van der Waals surface area contributed by atoms with Crippen LogP contribution < -0.4 is 11.1 Å². The zero-order valence-electron chi connectivity index (χ0n) is 11.1. The second-order valence-corrected chi connectivity index (χ2v) is 4.95. The zero-order valence-corrected chi connectivity index (χ0v) is 11.1. The van der Waals surface area contributed by atoms with Crippen LogP contribution >= 0.6 is 0 Å². The normalized spacial score (nSPS) is 18.1. The SMILES string of the molecule is CC(CC(N)=O)NCC(=O)N1CCC(C(=O)O)CC1. The molecule has 108 valence electrons. The first-order chi connectivity index (χ1) is 8.90. The summed E-state index contributed by atoms with van der Waals surface area (Å²) in [5.74, 6) is -1.61. The molecule has 0 saturated carbocycles. The summed E-state index contributed by atoms with van der Waals surface area (Å²) >= 11 is 0. The number of carbonyl (C=O) groups is 3. The van der Waals surface area contributed by atoms with Crippen molar-refractivity contribution in [3.63, 3.8) is 0 Å². The second-order valence-electron chi connectivity index (χ2n) is 4.95. The summed E-state index contributed by atoms with van der Waals surface area (Å²) in [6, 6.07) is -0.141. The maximum Gasteiger partial charge on any atom is 0.306 e. The largest absolute Gasteiger partial charge is 0.481 e. The smallest absolute Gasteiger partial charge is 0.306 e. The van der Waals surface area contributed by atoms with E-state index in [4.69, 9.17) is 10.8 Å². The number of rotatable bonds is 6. The molecule has 0 bridgehead atoms. The van der Waals surface area contributed by atoms with Gasteiger partial charge in [-0.25, -0.2) is 0 Å². The fourth-order valence-corrected chi connectivity index (χ4v) is 2.12. The molecule has 1 aliphatic rings. The van der Waals surface area contributed by atoms with Crippen molar-refractivity contribution in [2.75, 3.05) is 19.6 Å². The number of nitrogens with one attached hydrogen (secondary N) is 1. The van der Waals surface area contributed by atoms with E-state index >= 15 is 0 Å². The van der Waals surface area contributed by atoms with Gasteiger partial charge >= 0.3 is 5.97 Å². The van der Waals surface area contributed by atoms with Gasteiger partial charge in [0, 0.05) is 25.6 Å². The van der Waals surface area contributed by atoms with E-state index in [9.17, 15) is 14.4 Å². The predicted octanol–water partition coefficient (Wildman–Crippen LogP) is -0.837. The molecule has 4 N–H and O–H groups in total. The standard InChI is InChI=1S/C12H21N3O4/c1-8(6-10(13)16)14-7-11(17)15-4-2-9(3-5-15)12(18)19/h8-9,14H,2-7H2,1H3,(H2,13,16)(H,18,19). The highest BCUT2D eigenvalue weighted by molar-refractivity contribution is 5.79. The number of amides is 2. The Hall–Kier alpha value is -1.63. The molecular weight excluding hydrogens is 250 g/mol. The Morgan fingerprint density at radius 3 is 2.42 bits per heavy atom. The molecule has 7 nitrogen and oxygen atoms in total. The number of likely N-dealkylation sites (tertiary alicyclic amines) is 1. The number of carboxylic acids is 1. The van der Waals surface area contributed by atoms with Crippen LogP contribution in [-0.4, -0.2) is 53.5 Å². The number of nitrogens with two attached hydrogens (primary N) is 1. The summed E-state index contributed by atoms with van der Waals surface area (Å²) in [6.07, 6.45) is 1.18. The van der Waals surface area contributed by atoms with Gasteiger partial charge in [-0.2, -0.15) is 0 Å². The molecule has 0 spiro atoms. The maximum atomic E-state index is 11.9. The summed E-state index contributed by atoms with van der Waals surface area (Å²) in [7, 11) is 0. The van der Waals surface area contributed by atoms with Crippen LogP contribution in [0.4, 0.5) is 0 Å². The quantitative estimate of drug-likeness (QED) is 0.583. The van der Waals surface area contributed by atoms with E-state index < -0.39 is 11.9 Å². The van der Waals surface area contributed by atoms with Gasteiger partial charge in [-0.05, 0) is 19.8 Å². The molecule has 0 aromatic rings. The van der Waals surface area contributed by atoms with Crippen molar-refractivity contribution in [2.45, 2.75) is 32.2 Å². The third-order valence-corrected chi connectivity index (χ3v) is 3.31. The number of primary amides is 1. The van der Waals surface area contributed by atoms with Gasteiger partial charge in [-0.1, -0.05) is 0 Å². The van der Waals surface area contributed by atoms with Gasteiger partial charge in [0.15, 0.2) is 0 Å². The summed E-state index contributed by atoms with van der Waals surface area (Å²) in [6.45, 7) is 2.88. The fourth-order valence-electron chi connectivity index (χ4n) is 2.12. The van der Waals surface area contributed by atoms with Crippen LogP contribution in [0, 0.1) is 5.92 Å². The van der Waals surface area contributed by atoms with Gasteiger partial charge in [0.1, 0.15) is 0 Å². The minimum absolute atomic E-state index is 0.0693. The molecule has 1 atom stereocenters.